The Balaban J connectivity index is 2.68. The van der Waals surface area contributed by atoms with Crippen LogP contribution in [-0.4, -0.2) is 49.8 Å². The number of halogens is 3. The molecule has 1 fully saturated rings. The van der Waals surface area contributed by atoms with Crippen molar-refractivity contribution in [2.75, 3.05) is 32.8 Å². The van der Waals surface area contributed by atoms with Crippen molar-refractivity contribution < 1.29 is 22.7 Å². The normalized spacial score (nSPS) is 25.4. The molecule has 0 spiro atoms. The molecule has 1 aliphatic rings. The zero-order valence-electron chi connectivity index (χ0n) is 9.67. The first kappa shape index (κ1) is 14.2. The molecule has 1 saturated heterocycles. The maximum absolute atomic E-state index is 12.8. The number of likely N-dealkylation sites (tertiary alicyclic amines) is 1. The van der Waals surface area contributed by atoms with Crippen LogP contribution in [0.2, 0.25) is 0 Å². The van der Waals surface area contributed by atoms with E-state index in [0.717, 1.165) is 0 Å². The van der Waals surface area contributed by atoms with Gasteiger partial charge in [-0.3, -0.25) is 4.79 Å². The number of nitrogens with two attached hydrogens (primary N) is 1. The van der Waals surface area contributed by atoms with Crippen LogP contribution in [0.3, 0.4) is 0 Å². The second-order valence-corrected chi connectivity index (χ2v) is 4.07. The summed E-state index contributed by atoms with van der Waals surface area (Å²) in [6.45, 7) is 1.62. The van der Waals surface area contributed by atoms with Gasteiger partial charge in [-0.2, -0.15) is 13.2 Å². The molecule has 1 amide bonds. The third kappa shape index (κ3) is 3.57. The van der Waals surface area contributed by atoms with Crippen molar-refractivity contribution in [3.63, 3.8) is 0 Å². The highest BCUT2D eigenvalue weighted by Gasteiger charge is 2.50. The number of amides is 1. The van der Waals surface area contributed by atoms with E-state index in [1.165, 1.54) is 4.90 Å². The summed E-state index contributed by atoms with van der Waals surface area (Å²) < 4.78 is 43.3. The lowest BCUT2D eigenvalue weighted by Gasteiger charge is -2.20. The Morgan fingerprint density at radius 3 is 2.59 bits per heavy atom. The van der Waals surface area contributed by atoms with Gasteiger partial charge in [0.2, 0.25) is 5.91 Å². The summed E-state index contributed by atoms with van der Waals surface area (Å²) in [5.74, 6) is -2.65. The van der Waals surface area contributed by atoms with Crippen molar-refractivity contribution in [1.29, 1.82) is 0 Å². The molecule has 0 aromatic rings. The molecule has 1 aliphatic heterocycles. The van der Waals surface area contributed by atoms with E-state index in [-0.39, 0.29) is 26.2 Å². The molecule has 0 aromatic carbocycles. The van der Waals surface area contributed by atoms with Gasteiger partial charge in [-0.25, -0.2) is 0 Å². The zero-order valence-corrected chi connectivity index (χ0v) is 9.67. The molecule has 1 rings (SSSR count). The number of nitrogens with zero attached hydrogens (tertiary/aromatic N) is 1. The van der Waals surface area contributed by atoms with Gasteiger partial charge in [0.25, 0.3) is 0 Å². The standard InChI is InChI=1S/C10H17F3N2O2/c1-2-17-6-7-4-15(9(16)3-14)5-8(7)10(11,12)13/h7-8H,2-6,14H2,1H3. The Kier molecular flexibility index (Phi) is 4.76. The maximum Gasteiger partial charge on any atom is 0.393 e. The molecule has 1 heterocycles. The van der Waals surface area contributed by atoms with Gasteiger partial charge in [0.1, 0.15) is 0 Å². The van der Waals surface area contributed by atoms with Crippen LogP contribution in [0.5, 0.6) is 0 Å². The molecule has 0 radical (unpaired) electrons. The van der Waals surface area contributed by atoms with E-state index in [0.29, 0.717) is 6.61 Å². The number of ether oxygens (including phenoxy) is 1. The lowest BCUT2D eigenvalue weighted by atomic mass is 9.96. The van der Waals surface area contributed by atoms with Crippen LogP contribution in [0.1, 0.15) is 6.92 Å². The fraction of sp³-hybridized carbons (Fsp3) is 0.900. The maximum atomic E-state index is 12.8. The van der Waals surface area contributed by atoms with E-state index in [1.54, 1.807) is 6.92 Å². The average Bonchev–Trinajstić information content (AvgIpc) is 2.69. The van der Waals surface area contributed by atoms with Crippen molar-refractivity contribution in [3.05, 3.63) is 0 Å². The molecular formula is C10H17F3N2O2. The first-order valence-corrected chi connectivity index (χ1v) is 5.52. The molecule has 0 aliphatic carbocycles. The van der Waals surface area contributed by atoms with E-state index < -0.39 is 23.9 Å². The molecule has 0 aromatic heterocycles. The first-order chi connectivity index (χ1) is 7.90. The van der Waals surface area contributed by atoms with Gasteiger partial charge >= 0.3 is 6.18 Å². The van der Waals surface area contributed by atoms with Crippen LogP contribution >= 0.6 is 0 Å². The Labute approximate surface area is 97.9 Å². The highest BCUT2D eigenvalue weighted by atomic mass is 19.4. The van der Waals surface area contributed by atoms with Crippen molar-refractivity contribution in [2.45, 2.75) is 13.1 Å². The predicted octanol–water partition coefficient (Wildman–Crippen LogP) is 0.618. The number of carbonyl (C=O) groups excluding carboxylic acids is 1. The van der Waals surface area contributed by atoms with Gasteiger partial charge in [0, 0.05) is 25.6 Å². The van der Waals surface area contributed by atoms with Gasteiger partial charge < -0.3 is 15.4 Å². The number of hydrogen-bond acceptors (Lipinski definition) is 3. The second kappa shape index (κ2) is 5.68. The van der Waals surface area contributed by atoms with E-state index in [4.69, 9.17) is 10.5 Å². The second-order valence-electron chi connectivity index (χ2n) is 4.07. The summed E-state index contributed by atoms with van der Waals surface area (Å²) in [5.41, 5.74) is 5.15. The quantitative estimate of drug-likeness (QED) is 0.800. The average molecular weight is 254 g/mol. The summed E-state index contributed by atoms with van der Waals surface area (Å²) in [6.07, 6.45) is -4.30. The van der Waals surface area contributed by atoms with Crippen molar-refractivity contribution in [3.8, 4) is 0 Å². The molecule has 100 valence electrons. The van der Waals surface area contributed by atoms with Gasteiger partial charge in [-0.05, 0) is 6.92 Å². The summed E-state index contributed by atoms with van der Waals surface area (Å²) in [5, 5.41) is 0. The third-order valence-electron chi connectivity index (χ3n) is 2.92. The Morgan fingerprint density at radius 1 is 1.47 bits per heavy atom. The van der Waals surface area contributed by atoms with Gasteiger partial charge in [0.05, 0.1) is 19.1 Å². The van der Waals surface area contributed by atoms with Crippen LogP contribution in [0.15, 0.2) is 0 Å². The topological polar surface area (TPSA) is 55.6 Å². The minimum Gasteiger partial charge on any atom is -0.381 e. The molecule has 2 atom stereocenters. The lowest BCUT2D eigenvalue weighted by molar-refractivity contribution is -0.184. The number of carbonyl (C=O) groups is 1. The van der Waals surface area contributed by atoms with Crippen molar-refractivity contribution >= 4 is 5.91 Å². The molecule has 0 saturated carbocycles. The first-order valence-electron chi connectivity index (χ1n) is 5.52. The lowest BCUT2D eigenvalue weighted by Crippen LogP contribution is -2.35. The molecule has 2 N–H and O–H groups in total. The largest absolute Gasteiger partial charge is 0.393 e. The highest BCUT2D eigenvalue weighted by Crippen LogP contribution is 2.37. The van der Waals surface area contributed by atoms with Gasteiger partial charge in [-0.1, -0.05) is 0 Å². The molecule has 7 heteroatoms. The van der Waals surface area contributed by atoms with Crippen LogP contribution in [0.4, 0.5) is 13.2 Å². The smallest absolute Gasteiger partial charge is 0.381 e. The van der Waals surface area contributed by atoms with Crippen molar-refractivity contribution in [1.82, 2.24) is 4.90 Å². The SMILES string of the molecule is CCOCC1CN(C(=O)CN)CC1C(F)(F)F. The van der Waals surface area contributed by atoms with E-state index in [2.05, 4.69) is 0 Å². The summed E-state index contributed by atoms with van der Waals surface area (Å²) in [4.78, 5) is 12.5. The highest BCUT2D eigenvalue weighted by molar-refractivity contribution is 5.78. The van der Waals surface area contributed by atoms with Gasteiger partial charge in [-0.15, -0.1) is 0 Å². The fourth-order valence-corrected chi connectivity index (χ4v) is 2.01. The fourth-order valence-electron chi connectivity index (χ4n) is 2.01. The number of hydrogen-bond donors (Lipinski definition) is 1. The number of alkyl halides is 3. The van der Waals surface area contributed by atoms with Crippen LogP contribution in [-0.2, 0) is 9.53 Å². The van der Waals surface area contributed by atoms with E-state index >= 15 is 0 Å². The third-order valence-corrected chi connectivity index (χ3v) is 2.92. The summed E-state index contributed by atoms with van der Waals surface area (Å²) in [7, 11) is 0. The predicted molar refractivity (Wildman–Crippen MR) is 55.2 cm³/mol. The summed E-state index contributed by atoms with van der Waals surface area (Å²) >= 11 is 0. The molecular weight excluding hydrogens is 237 g/mol. The summed E-state index contributed by atoms with van der Waals surface area (Å²) in [6, 6.07) is 0. The zero-order chi connectivity index (χ0) is 13.1. The Morgan fingerprint density at radius 2 is 2.12 bits per heavy atom. The van der Waals surface area contributed by atoms with Crippen molar-refractivity contribution in [2.24, 2.45) is 17.6 Å². The molecule has 2 unspecified atom stereocenters. The minimum atomic E-state index is -4.30. The Bertz CT molecular complexity index is 271. The van der Waals surface area contributed by atoms with Crippen LogP contribution in [0, 0.1) is 11.8 Å². The van der Waals surface area contributed by atoms with Gasteiger partial charge in [0.15, 0.2) is 0 Å². The molecule has 0 bridgehead atoms. The van der Waals surface area contributed by atoms with E-state index in [1.807, 2.05) is 0 Å². The van der Waals surface area contributed by atoms with Crippen LogP contribution < -0.4 is 5.73 Å². The molecule has 4 nitrogen and oxygen atoms in total. The Hall–Kier alpha value is -0.820. The number of rotatable bonds is 4. The minimum absolute atomic E-state index is 0.0228. The monoisotopic (exact) mass is 254 g/mol. The van der Waals surface area contributed by atoms with E-state index in [9.17, 15) is 18.0 Å². The molecule has 17 heavy (non-hydrogen) atoms. The van der Waals surface area contributed by atoms with Crippen LogP contribution in [0.25, 0.3) is 0 Å².